The Morgan fingerprint density at radius 2 is 2.21 bits per heavy atom. The molecule has 0 atom stereocenters. The SMILES string of the molecule is CCNc1nc(NNC(N)=O)c2cc(Cl)ccc2n1. The van der Waals surface area contributed by atoms with Crippen LogP contribution in [0.1, 0.15) is 6.92 Å². The van der Waals surface area contributed by atoms with Crippen LogP contribution in [0.4, 0.5) is 16.6 Å². The monoisotopic (exact) mass is 280 g/mol. The van der Waals surface area contributed by atoms with Gasteiger partial charge in [-0.3, -0.25) is 10.9 Å². The average Bonchev–Trinajstić information content (AvgIpc) is 2.37. The molecule has 0 saturated heterocycles. The largest absolute Gasteiger partial charge is 0.354 e. The van der Waals surface area contributed by atoms with E-state index in [0.717, 1.165) is 0 Å². The van der Waals surface area contributed by atoms with Crippen LogP contribution in [-0.2, 0) is 0 Å². The lowest BCUT2D eigenvalue weighted by Crippen LogP contribution is -2.34. The van der Waals surface area contributed by atoms with E-state index in [1.165, 1.54) is 0 Å². The van der Waals surface area contributed by atoms with Crippen molar-refractivity contribution in [2.75, 3.05) is 17.3 Å². The number of primary amides is 1. The summed E-state index contributed by atoms with van der Waals surface area (Å²) in [7, 11) is 0. The number of amides is 2. The third kappa shape index (κ3) is 3.14. The van der Waals surface area contributed by atoms with Crippen LogP contribution in [-0.4, -0.2) is 22.5 Å². The minimum atomic E-state index is -0.709. The molecule has 1 aromatic carbocycles. The van der Waals surface area contributed by atoms with Gasteiger partial charge in [0.1, 0.15) is 0 Å². The van der Waals surface area contributed by atoms with E-state index < -0.39 is 6.03 Å². The van der Waals surface area contributed by atoms with E-state index in [1.807, 2.05) is 6.92 Å². The zero-order valence-corrected chi connectivity index (χ0v) is 11.0. The normalized spacial score (nSPS) is 10.2. The van der Waals surface area contributed by atoms with E-state index in [1.54, 1.807) is 18.2 Å². The first-order chi connectivity index (χ1) is 9.10. The second-order valence-electron chi connectivity index (χ2n) is 3.70. The van der Waals surface area contributed by atoms with E-state index in [9.17, 15) is 4.79 Å². The molecule has 5 N–H and O–H groups in total. The second-order valence-corrected chi connectivity index (χ2v) is 4.14. The molecule has 2 aromatic rings. The molecule has 0 radical (unpaired) electrons. The number of hydrazine groups is 1. The molecule has 19 heavy (non-hydrogen) atoms. The van der Waals surface area contributed by atoms with Crippen LogP contribution in [0.25, 0.3) is 10.9 Å². The van der Waals surface area contributed by atoms with Crippen molar-refractivity contribution in [1.29, 1.82) is 0 Å². The van der Waals surface area contributed by atoms with Gasteiger partial charge in [-0.2, -0.15) is 4.98 Å². The Morgan fingerprint density at radius 1 is 1.42 bits per heavy atom. The van der Waals surface area contributed by atoms with E-state index in [4.69, 9.17) is 17.3 Å². The van der Waals surface area contributed by atoms with Crippen molar-refractivity contribution in [3.63, 3.8) is 0 Å². The number of fused-ring (bicyclic) bond motifs is 1. The fourth-order valence-electron chi connectivity index (χ4n) is 1.55. The fraction of sp³-hybridized carbons (Fsp3) is 0.182. The van der Waals surface area contributed by atoms with Crippen molar-refractivity contribution >= 4 is 40.3 Å². The number of benzene rings is 1. The van der Waals surface area contributed by atoms with E-state index in [-0.39, 0.29) is 0 Å². The lowest BCUT2D eigenvalue weighted by Gasteiger charge is -2.11. The van der Waals surface area contributed by atoms with Gasteiger partial charge in [-0.05, 0) is 25.1 Å². The highest BCUT2D eigenvalue weighted by Gasteiger charge is 2.08. The molecule has 0 saturated carbocycles. The summed E-state index contributed by atoms with van der Waals surface area (Å²) < 4.78 is 0. The van der Waals surface area contributed by atoms with Crippen molar-refractivity contribution in [1.82, 2.24) is 15.4 Å². The fourth-order valence-corrected chi connectivity index (χ4v) is 1.73. The van der Waals surface area contributed by atoms with Crippen LogP contribution < -0.4 is 21.9 Å². The maximum absolute atomic E-state index is 10.7. The summed E-state index contributed by atoms with van der Waals surface area (Å²) >= 11 is 5.94. The molecule has 0 bridgehead atoms. The van der Waals surface area contributed by atoms with E-state index in [2.05, 4.69) is 26.1 Å². The summed E-state index contributed by atoms with van der Waals surface area (Å²) in [5, 5.41) is 4.24. The number of nitrogens with two attached hydrogens (primary N) is 1. The van der Waals surface area contributed by atoms with Gasteiger partial charge < -0.3 is 11.1 Å². The number of nitrogens with one attached hydrogen (secondary N) is 3. The summed E-state index contributed by atoms with van der Waals surface area (Å²) in [6.45, 7) is 2.62. The van der Waals surface area contributed by atoms with Crippen molar-refractivity contribution in [2.24, 2.45) is 5.73 Å². The Hall–Kier alpha value is -2.28. The molecule has 100 valence electrons. The van der Waals surface area contributed by atoms with Crippen LogP contribution in [0, 0.1) is 0 Å². The number of urea groups is 1. The summed E-state index contributed by atoms with van der Waals surface area (Å²) in [6.07, 6.45) is 0. The van der Waals surface area contributed by atoms with Crippen LogP contribution in [0.3, 0.4) is 0 Å². The maximum Gasteiger partial charge on any atom is 0.330 e. The Kier molecular flexibility index (Phi) is 3.86. The van der Waals surface area contributed by atoms with Crippen LogP contribution in [0.5, 0.6) is 0 Å². The summed E-state index contributed by atoms with van der Waals surface area (Å²) in [4.78, 5) is 19.3. The standard InChI is InChI=1S/C11H13ClN6O/c1-2-14-11-15-8-4-3-6(12)5-7(8)9(16-11)17-18-10(13)19/h3-5H,2H2,1H3,(H3,13,18,19)(H2,14,15,16,17). The first kappa shape index (κ1) is 13.2. The molecular formula is C11H13ClN6O. The first-order valence-corrected chi connectivity index (χ1v) is 6.00. The number of halogens is 1. The Balaban J connectivity index is 2.48. The lowest BCUT2D eigenvalue weighted by atomic mass is 10.2. The molecule has 0 aliphatic heterocycles. The highest BCUT2D eigenvalue weighted by molar-refractivity contribution is 6.31. The Labute approximate surface area is 114 Å². The summed E-state index contributed by atoms with van der Waals surface area (Å²) in [6, 6.07) is 4.50. The van der Waals surface area contributed by atoms with Crippen LogP contribution >= 0.6 is 11.6 Å². The third-order valence-corrected chi connectivity index (χ3v) is 2.53. The van der Waals surface area contributed by atoms with Crippen molar-refractivity contribution in [3.8, 4) is 0 Å². The van der Waals surface area contributed by atoms with E-state index in [0.29, 0.717) is 34.2 Å². The number of aromatic nitrogens is 2. The molecule has 0 unspecified atom stereocenters. The maximum atomic E-state index is 10.7. The smallest absolute Gasteiger partial charge is 0.330 e. The van der Waals surface area contributed by atoms with Gasteiger partial charge in [0.15, 0.2) is 5.82 Å². The molecule has 8 heteroatoms. The predicted octanol–water partition coefficient (Wildman–Crippen LogP) is 1.71. The molecule has 7 nitrogen and oxygen atoms in total. The molecule has 2 amide bonds. The van der Waals surface area contributed by atoms with Gasteiger partial charge >= 0.3 is 6.03 Å². The molecular weight excluding hydrogens is 268 g/mol. The highest BCUT2D eigenvalue weighted by atomic mass is 35.5. The van der Waals surface area contributed by atoms with Crippen LogP contribution in [0.15, 0.2) is 18.2 Å². The Morgan fingerprint density at radius 3 is 2.89 bits per heavy atom. The zero-order valence-electron chi connectivity index (χ0n) is 10.2. The summed E-state index contributed by atoms with van der Waals surface area (Å²) in [5.74, 6) is 0.869. The van der Waals surface area contributed by atoms with Gasteiger partial charge in [-0.25, -0.2) is 9.78 Å². The van der Waals surface area contributed by atoms with Crippen molar-refractivity contribution < 1.29 is 4.79 Å². The number of anilines is 2. The quantitative estimate of drug-likeness (QED) is 0.638. The molecule has 0 aliphatic carbocycles. The highest BCUT2D eigenvalue weighted by Crippen LogP contribution is 2.24. The van der Waals surface area contributed by atoms with Gasteiger partial charge in [-0.1, -0.05) is 11.6 Å². The molecule has 1 heterocycles. The van der Waals surface area contributed by atoms with Gasteiger partial charge in [0.2, 0.25) is 5.95 Å². The topological polar surface area (TPSA) is 105 Å². The second kappa shape index (κ2) is 5.57. The van der Waals surface area contributed by atoms with Crippen molar-refractivity contribution in [2.45, 2.75) is 6.92 Å². The average molecular weight is 281 g/mol. The number of nitrogens with zero attached hydrogens (tertiary/aromatic N) is 2. The van der Waals surface area contributed by atoms with E-state index >= 15 is 0 Å². The molecule has 2 rings (SSSR count). The minimum absolute atomic E-state index is 0.419. The molecule has 0 aliphatic rings. The minimum Gasteiger partial charge on any atom is -0.354 e. The van der Waals surface area contributed by atoms with Gasteiger partial charge in [0, 0.05) is 17.0 Å². The van der Waals surface area contributed by atoms with Gasteiger partial charge in [0.05, 0.1) is 5.52 Å². The molecule has 0 fully saturated rings. The molecule has 0 spiro atoms. The third-order valence-electron chi connectivity index (χ3n) is 2.30. The predicted molar refractivity (Wildman–Crippen MR) is 75.1 cm³/mol. The van der Waals surface area contributed by atoms with Crippen LogP contribution in [0.2, 0.25) is 5.02 Å². The number of carbonyl (C=O) groups is 1. The molecule has 1 aromatic heterocycles. The number of rotatable bonds is 4. The Bertz CT molecular complexity index is 617. The van der Waals surface area contributed by atoms with Crippen molar-refractivity contribution in [3.05, 3.63) is 23.2 Å². The van der Waals surface area contributed by atoms with Gasteiger partial charge in [-0.15, -0.1) is 0 Å². The summed E-state index contributed by atoms with van der Waals surface area (Å²) in [5.41, 5.74) is 10.6. The number of hydrogen-bond acceptors (Lipinski definition) is 5. The number of carbonyl (C=O) groups excluding carboxylic acids is 1. The first-order valence-electron chi connectivity index (χ1n) is 5.62. The number of hydrogen-bond donors (Lipinski definition) is 4. The zero-order chi connectivity index (χ0) is 13.8. The van der Waals surface area contributed by atoms with Gasteiger partial charge in [0.25, 0.3) is 0 Å². The lowest BCUT2D eigenvalue weighted by molar-refractivity contribution is 0.250.